The summed E-state index contributed by atoms with van der Waals surface area (Å²) in [6.45, 7) is 3.88. The highest BCUT2D eigenvalue weighted by atomic mass is 16.7. The van der Waals surface area contributed by atoms with E-state index in [1.54, 1.807) is 30.3 Å². The number of aliphatic hydroxyl groups excluding tert-OH is 1. The number of anilines is 2. The van der Waals surface area contributed by atoms with Gasteiger partial charge in [0.15, 0.2) is 11.5 Å². The first-order valence-corrected chi connectivity index (χ1v) is 11.8. The second-order valence-corrected chi connectivity index (χ2v) is 9.06. The highest BCUT2D eigenvalue weighted by molar-refractivity contribution is 6.51. The van der Waals surface area contributed by atoms with Gasteiger partial charge in [-0.1, -0.05) is 0 Å². The van der Waals surface area contributed by atoms with Gasteiger partial charge in [0.05, 0.1) is 11.8 Å². The first-order valence-electron chi connectivity index (χ1n) is 11.8. The van der Waals surface area contributed by atoms with Crippen LogP contribution in [0.4, 0.5) is 11.4 Å². The molecular formula is C27H25N3O6. The van der Waals surface area contributed by atoms with Crippen LogP contribution in [0, 0.1) is 0 Å². The lowest BCUT2D eigenvalue weighted by molar-refractivity contribution is -0.132. The van der Waals surface area contributed by atoms with Crippen molar-refractivity contribution in [2.24, 2.45) is 0 Å². The molecule has 1 atom stereocenters. The van der Waals surface area contributed by atoms with Gasteiger partial charge >= 0.3 is 0 Å². The summed E-state index contributed by atoms with van der Waals surface area (Å²) in [5, 5.41) is 11.2. The number of rotatable bonds is 4. The van der Waals surface area contributed by atoms with Gasteiger partial charge < -0.3 is 28.8 Å². The van der Waals surface area contributed by atoms with Gasteiger partial charge in [0.1, 0.15) is 17.6 Å². The summed E-state index contributed by atoms with van der Waals surface area (Å²) >= 11 is 0. The number of likely N-dealkylation sites (N-methyl/N-ethyl adjacent to an activating group) is 1. The van der Waals surface area contributed by atoms with Crippen molar-refractivity contribution in [3.05, 3.63) is 77.8 Å². The molecule has 184 valence electrons. The summed E-state index contributed by atoms with van der Waals surface area (Å²) < 4.78 is 16.4. The quantitative estimate of drug-likeness (QED) is 0.340. The molecule has 9 heteroatoms. The van der Waals surface area contributed by atoms with Crippen molar-refractivity contribution >= 4 is 28.8 Å². The zero-order chi connectivity index (χ0) is 24.8. The molecule has 0 aliphatic carbocycles. The fraction of sp³-hybridized carbons (Fsp3) is 0.259. The molecule has 1 amide bonds. The molecule has 1 N–H and O–H groups in total. The Morgan fingerprint density at radius 1 is 0.917 bits per heavy atom. The summed E-state index contributed by atoms with van der Waals surface area (Å²) in [6.07, 6.45) is 1.48. The molecule has 1 unspecified atom stereocenters. The number of carbonyl (C=O) groups is 2. The zero-order valence-corrected chi connectivity index (χ0v) is 19.7. The fourth-order valence-electron chi connectivity index (χ4n) is 4.90. The standard InChI is InChI=1S/C27H25N3O6/c1-28-10-12-29(13-11-28)18-5-7-19(8-6-18)30-24(21-3-2-14-34-21)23(26(32)27(30)33)25(31)17-4-9-20-22(15-17)36-16-35-20/h2-9,14-15,24,31H,10-13,16H2,1H3/b25-23-. The lowest BCUT2D eigenvalue weighted by atomic mass is 9.99. The number of aliphatic hydroxyl groups is 1. The summed E-state index contributed by atoms with van der Waals surface area (Å²) in [4.78, 5) is 32.5. The van der Waals surface area contributed by atoms with Crippen molar-refractivity contribution in [3.63, 3.8) is 0 Å². The number of hydrogen-bond donors (Lipinski definition) is 1. The molecule has 3 aliphatic heterocycles. The normalized spacial score (nSPS) is 21.4. The van der Waals surface area contributed by atoms with Crippen molar-refractivity contribution in [2.45, 2.75) is 6.04 Å². The minimum absolute atomic E-state index is 0.0445. The number of ketones is 1. The minimum atomic E-state index is -0.917. The second kappa shape index (κ2) is 8.76. The fourth-order valence-corrected chi connectivity index (χ4v) is 4.90. The van der Waals surface area contributed by atoms with Crippen LogP contribution in [0.5, 0.6) is 11.5 Å². The van der Waals surface area contributed by atoms with Gasteiger partial charge in [-0.2, -0.15) is 0 Å². The van der Waals surface area contributed by atoms with Gasteiger partial charge in [-0.3, -0.25) is 14.5 Å². The Labute approximate surface area is 207 Å². The number of benzene rings is 2. The molecule has 2 saturated heterocycles. The number of piperazine rings is 1. The van der Waals surface area contributed by atoms with Gasteiger partial charge in [0.25, 0.3) is 11.7 Å². The van der Waals surface area contributed by atoms with Gasteiger partial charge in [-0.15, -0.1) is 0 Å². The van der Waals surface area contributed by atoms with E-state index in [0.29, 0.717) is 28.5 Å². The van der Waals surface area contributed by atoms with E-state index >= 15 is 0 Å². The molecule has 36 heavy (non-hydrogen) atoms. The predicted octanol–water partition coefficient (Wildman–Crippen LogP) is 3.39. The topological polar surface area (TPSA) is 95.7 Å². The number of amides is 1. The van der Waals surface area contributed by atoms with Crippen LogP contribution in [0.3, 0.4) is 0 Å². The number of ether oxygens (including phenoxy) is 2. The molecule has 3 aliphatic rings. The van der Waals surface area contributed by atoms with E-state index in [1.807, 2.05) is 24.3 Å². The average molecular weight is 488 g/mol. The van der Waals surface area contributed by atoms with Gasteiger partial charge in [0.2, 0.25) is 6.79 Å². The molecule has 1 aromatic heterocycles. The number of fused-ring (bicyclic) bond motifs is 1. The third-order valence-corrected chi connectivity index (χ3v) is 6.90. The van der Waals surface area contributed by atoms with Crippen molar-refractivity contribution in [3.8, 4) is 11.5 Å². The van der Waals surface area contributed by atoms with E-state index < -0.39 is 17.7 Å². The van der Waals surface area contributed by atoms with Crippen LogP contribution in [0.1, 0.15) is 17.4 Å². The Hall–Kier alpha value is -4.24. The van der Waals surface area contributed by atoms with Gasteiger partial charge in [0, 0.05) is 43.1 Å². The van der Waals surface area contributed by atoms with Crippen molar-refractivity contribution in [1.82, 2.24) is 4.90 Å². The predicted molar refractivity (Wildman–Crippen MR) is 132 cm³/mol. The molecule has 4 heterocycles. The molecule has 6 rings (SSSR count). The highest BCUT2D eigenvalue weighted by Gasteiger charge is 2.48. The lowest BCUT2D eigenvalue weighted by Crippen LogP contribution is -2.44. The first kappa shape index (κ1) is 22.2. The maximum Gasteiger partial charge on any atom is 0.300 e. The Kier molecular flexibility index (Phi) is 5.41. The second-order valence-electron chi connectivity index (χ2n) is 9.06. The van der Waals surface area contributed by atoms with Gasteiger partial charge in [-0.05, 0) is 61.6 Å². The molecule has 0 bridgehead atoms. The maximum atomic E-state index is 13.3. The Bertz CT molecular complexity index is 1340. The lowest BCUT2D eigenvalue weighted by Gasteiger charge is -2.34. The van der Waals surface area contributed by atoms with E-state index in [0.717, 1.165) is 31.9 Å². The number of nitrogens with zero attached hydrogens (tertiary/aromatic N) is 3. The third-order valence-electron chi connectivity index (χ3n) is 6.90. The number of furan rings is 1. The van der Waals surface area contributed by atoms with Crippen LogP contribution in [-0.2, 0) is 9.59 Å². The average Bonchev–Trinajstić information content (AvgIpc) is 3.64. The van der Waals surface area contributed by atoms with E-state index in [9.17, 15) is 14.7 Å². The maximum absolute atomic E-state index is 13.3. The zero-order valence-electron chi connectivity index (χ0n) is 19.7. The smallest absolute Gasteiger partial charge is 0.300 e. The molecule has 3 aromatic rings. The van der Waals surface area contributed by atoms with E-state index in [4.69, 9.17) is 13.9 Å². The molecule has 0 spiro atoms. The van der Waals surface area contributed by atoms with E-state index in [2.05, 4.69) is 16.8 Å². The third kappa shape index (κ3) is 3.68. The van der Waals surface area contributed by atoms with Crippen molar-refractivity contribution < 1.29 is 28.6 Å². The summed E-state index contributed by atoms with van der Waals surface area (Å²) in [5.41, 5.74) is 1.90. The summed E-state index contributed by atoms with van der Waals surface area (Å²) in [5.74, 6) is -0.428. The molecule has 0 saturated carbocycles. The Morgan fingerprint density at radius 2 is 1.64 bits per heavy atom. The van der Waals surface area contributed by atoms with Crippen molar-refractivity contribution in [1.29, 1.82) is 0 Å². The Balaban J connectivity index is 1.39. The highest BCUT2D eigenvalue weighted by Crippen LogP contribution is 2.43. The van der Waals surface area contributed by atoms with Gasteiger partial charge in [-0.25, -0.2) is 0 Å². The number of hydrogen-bond acceptors (Lipinski definition) is 8. The number of carbonyl (C=O) groups excluding carboxylic acids is 2. The molecule has 2 fully saturated rings. The minimum Gasteiger partial charge on any atom is -0.507 e. The van der Waals surface area contributed by atoms with Crippen LogP contribution < -0.4 is 19.3 Å². The Morgan fingerprint density at radius 3 is 2.36 bits per heavy atom. The first-order chi connectivity index (χ1) is 17.5. The molecule has 2 aromatic carbocycles. The molecule has 9 nitrogen and oxygen atoms in total. The van der Waals surface area contributed by atoms with Crippen LogP contribution in [-0.4, -0.2) is 61.7 Å². The summed E-state index contributed by atoms with van der Waals surface area (Å²) in [7, 11) is 2.11. The van der Waals surface area contributed by atoms with E-state index in [1.165, 1.54) is 11.2 Å². The SMILES string of the molecule is CN1CCN(c2ccc(N3C(=O)C(=O)/C(=C(\O)c4ccc5c(c4)OCO5)C3c3ccco3)cc2)CC1. The van der Waals surface area contributed by atoms with Crippen LogP contribution in [0.15, 0.2) is 70.9 Å². The number of Topliss-reactive ketones (excluding diaryl/α,β-unsaturated/α-hetero) is 1. The van der Waals surface area contributed by atoms with Crippen LogP contribution in [0.2, 0.25) is 0 Å². The summed E-state index contributed by atoms with van der Waals surface area (Å²) in [6, 6.07) is 14.9. The van der Waals surface area contributed by atoms with Crippen molar-refractivity contribution in [2.75, 3.05) is 49.8 Å². The largest absolute Gasteiger partial charge is 0.507 e. The van der Waals surface area contributed by atoms with Crippen LogP contribution in [0.25, 0.3) is 5.76 Å². The molecule has 0 radical (unpaired) electrons. The van der Waals surface area contributed by atoms with Crippen LogP contribution >= 0.6 is 0 Å². The molecular weight excluding hydrogens is 462 g/mol. The van der Waals surface area contributed by atoms with E-state index in [-0.39, 0.29) is 18.1 Å². The monoisotopic (exact) mass is 487 g/mol.